The molecule has 0 radical (unpaired) electrons. The van der Waals surface area contributed by atoms with Crippen LogP contribution in [0.5, 0.6) is 5.88 Å². The van der Waals surface area contributed by atoms with Gasteiger partial charge in [-0.05, 0) is 25.3 Å². The molecule has 2 aromatic heterocycles. The summed E-state index contributed by atoms with van der Waals surface area (Å²) in [5.74, 6) is 1.84. The first-order chi connectivity index (χ1) is 12.0. The van der Waals surface area contributed by atoms with Crippen molar-refractivity contribution in [2.75, 3.05) is 7.05 Å². The van der Waals surface area contributed by atoms with E-state index in [0.29, 0.717) is 24.9 Å². The van der Waals surface area contributed by atoms with Crippen molar-refractivity contribution < 1.29 is 4.74 Å². The summed E-state index contributed by atoms with van der Waals surface area (Å²) in [5, 5.41) is 9.74. The smallest absolute Gasteiger partial charge is 0.213 e. The lowest BCUT2D eigenvalue weighted by atomic mass is 10.2. The molecule has 6 nitrogen and oxygen atoms in total. The fourth-order valence-electron chi connectivity index (χ4n) is 2.06. The Hall–Kier alpha value is -1.42. The van der Waals surface area contributed by atoms with Crippen LogP contribution in [0.2, 0.25) is 0 Å². The maximum absolute atomic E-state index is 5.55. The fourth-order valence-corrected chi connectivity index (χ4v) is 2.96. The van der Waals surface area contributed by atoms with Gasteiger partial charge in [-0.3, -0.25) is 4.99 Å². The Bertz CT molecular complexity index is 685. The molecule has 0 aromatic carbocycles. The second kappa shape index (κ2) is 11.3. The second-order valence-electron chi connectivity index (χ2n) is 6.27. The molecule has 0 spiro atoms. The van der Waals surface area contributed by atoms with Crippen molar-refractivity contribution in [2.45, 2.75) is 52.8 Å². The highest BCUT2D eigenvalue weighted by molar-refractivity contribution is 14.0. The van der Waals surface area contributed by atoms with E-state index in [1.807, 2.05) is 32.2 Å². The molecule has 26 heavy (non-hydrogen) atoms. The van der Waals surface area contributed by atoms with Crippen LogP contribution in [0.4, 0.5) is 0 Å². The predicted molar refractivity (Wildman–Crippen MR) is 119 cm³/mol. The topological polar surface area (TPSA) is 71.4 Å². The number of aliphatic imine (C=N–C) groups is 1. The molecule has 0 aliphatic rings. The normalized spacial score (nSPS) is 11.4. The molecule has 0 aliphatic heterocycles. The van der Waals surface area contributed by atoms with Gasteiger partial charge in [0.25, 0.3) is 0 Å². The van der Waals surface area contributed by atoms with E-state index in [4.69, 9.17) is 4.74 Å². The zero-order valence-corrected chi connectivity index (χ0v) is 19.1. The maximum atomic E-state index is 5.55. The van der Waals surface area contributed by atoms with Crippen LogP contribution in [0.25, 0.3) is 0 Å². The summed E-state index contributed by atoms with van der Waals surface area (Å²) in [6, 6.07) is 3.89. The summed E-state index contributed by atoms with van der Waals surface area (Å²) in [6.45, 7) is 9.58. The molecule has 0 bridgehead atoms. The van der Waals surface area contributed by atoms with Crippen LogP contribution in [0, 0.1) is 0 Å². The van der Waals surface area contributed by atoms with E-state index in [1.165, 1.54) is 0 Å². The van der Waals surface area contributed by atoms with Crippen LogP contribution >= 0.6 is 35.3 Å². The standard InChI is InChI=1S/C18H27N5OS.HI/c1-12(2)15-11-25-17(23-15)10-22-18(19-5)21-9-14-6-7-16(20-8-14)24-13(3)4;/h6-8,11-13H,9-10H2,1-5H3,(H2,19,21,22);1H. The van der Waals surface area contributed by atoms with Gasteiger partial charge in [-0.2, -0.15) is 0 Å². The van der Waals surface area contributed by atoms with Crippen LogP contribution in [-0.4, -0.2) is 29.1 Å². The fraction of sp³-hybridized carbons (Fsp3) is 0.500. The molecule has 144 valence electrons. The van der Waals surface area contributed by atoms with Gasteiger partial charge >= 0.3 is 0 Å². The lowest BCUT2D eigenvalue weighted by Gasteiger charge is -2.12. The number of rotatable bonds is 7. The molecule has 2 N–H and O–H groups in total. The number of hydrogen-bond acceptors (Lipinski definition) is 5. The van der Waals surface area contributed by atoms with Gasteiger partial charge in [0.1, 0.15) is 5.01 Å². The Kier molecular flexibility index (Phi) is 9.85. The third-order valence-electron chi connectivity index (χ3n) is 3.41. The number of nitrogens with zero attached hydrogens (tertiary/aromatic N) is 3. The number of pyridine rings is 1. The van der Waals surface area contributed by atoms with E-state index >= 15 is 0 Å². The van der Waals surface area contributed by atoms with Crippen molar-refractivity contribution in [3.63, 3.8) is 0 Å². The van der Waals surface area contributed by atoms with E-state index in [0.717, 1.165) is 22.2 Å². The molecule has 0 fully saturated rings. The molecule has 2 aromatic rings. The Morgan fingerprint density at radius 2 is 1.92 bits per heavy atom. The van der Waals surface area contributed by atoms with Crippen LogP contribution < -0.4 is 15.4 Å². The van der Waals surface area contributed by atoms with Gasteiger partial charge in [-0.25, -0.2) is 9.97 Å². The van der Waals surface area contributed by atoms with E-state index in [-0.39, 0.29) is 30.1 Å². The quantitative estimate of drug-likeness (QED) is 0.351. The molecular weight excluding hydrogens is 461 g/mol. The molecule has 0 amide bonds. The average Bonchev–Trinajstić information content (AvgIpc) is 3.05. The van der Waals surface area contributed by atoms with Crippen molar-refractivity contribution in [1.29, 1.82) is 0 Å². The first kappa shape index (κ1) is 22.6. The minimum Gasteiger partial charge on any atom is -0.475 e. The van der Waals surface area contributed by atoms with Gasteiger partial charge in [0.05, 0.1) is 18.3 Å². The zero-order chi connectivity index (χ0) is 18.2. The minimum atomic E-state index is 0. The molecular formula is C18H28IN5OS. The van der Waals surface area contributed by atoms with Gasteiger partial charge in [0, 0.05) is 31.2 Å². The Balaban J connectivity index is 0.00000338. The van der Waals surface area contributed by atoms with E-state index in [2.05, 4.69) is 44.8 Å². The molecule has 0 atom stereocenters. The van der Waals surface area contributed by atoms with Crippen LogP contribution in [0.1, 0.15) is 49.9 Å². The number of hydrogen-bond donors (Lipinski definition) is 2. The van der Waals surface area contributed by atoms with E-state index < -0.39 is 0 Å². The third-order valence-corrected chi connectivity index (χ3v) is 4.27. The van der Waals surface area contributed by atoms with Gasteiger partial charge in [0.15, 0.2) is 5.96 Å². The SMILES string of the molecule is CN=C(NCc1ccc(OC(C)C)nc1)NCc1nc(C(C)C)cs1.I. The van der Waals surface area contributed by atoms with Gasteiger partial charge < -0.3 is 15.4 Å². The number of guanidine groups is 1. The number of aromatic nitrogens is 2. The maximum Gasteiger partial charge on any atom is 0.213 e. The molecule has 0 aliphatic carbocycles. The molecule has 0 saturated carbocycles. The number of nitrogens with one attached hydrogen (secondary N) is 2. The summed E-state index contributed by atoms with van der Waals surface area (Å²) in [5.41, 5.74) is 2.20. The summed E-state index contributed by atoms with van der Waals surface area (Å²) in [4.78, 5) is 13.2. The van der Waals surface area contributed by atoms with E-state index in [1.54, 1.807) is 18.4 Å². The Labute approximate surface area is 176 Å². The first-order valence-electron chi connectivity index (χ1n) is 8.48. The summed E-state index contributed by atoms with van der Waals surface area (Å²) < 4.78 is 5.55. The predicted octanol–water partition coefficient (Wildman–Crippen LogP) is 3.93. The Morgan fingerprint density at radius 1 is 1.19 bits per heavy atom. The molecule has 0 unspecified atom stereocenters. The molecule has 0 saturated heterocycles. The minimum absolute atomic E-state index is 0. The summed E-state index contributed by atoms with van der Waals surface area (Å²) in [6.07, 6.45) is 1.94. The van der Waals surface area contributed by atoms with Gasteiger partial charge in [-0.15, -0.1) is 35.3 Å². The molecule has 2 rings (SSSR count). The molecule has 2 heterocycles. The average molecular weight is 489 g/mol. The lowest BCUT2D eigenvalue weighted by molar-refractivity contribution is 0.232. The number of ether oxygens (including phenoxy) is 1. The van der Waals surface area contributed by atoms with Gasteiger partial charge in [-0.1, -0.05) is 19.9 Å². The lowest BCUT2D eigenvalue weighted by Crippen LogP contribution is -2.36. The highest BCUT2D eigenvalue weighted by Gasteiger charge is 2.06. The number of thiazole rings is 1. The second-order valence-corrected chi connectivity index (χ2v) is 7.21. The van der Waals surface area contributed by atoms with Crippen LogP contribution in [0.15, 0.2) is 28.7 Å². The number of halogens is 1. The van der Waals surface area contributed by atoms with E-state index in [9.17, 15) is 0 Å². The van der Waals surface area contributed by atoms with Crippen molar-refractivity contribution in [1.82, 2.24) is 20.6 Å². The zero-order valence-electron chi connectivity index (χ0n) is 15.9. The van der Waals surface area contributed by atoms with Crippen molar-refractivity contribution in [3.8, 4) is 5.88 Å². The monoisotopic (exact) mass is 489 g/mol. The summed E-state index contributed by atoms with van der Waals surface area (Å²) in [7, 11) is 1.76. The molecule has 8 heteroatoms. The highest BCUT2D eigenvalue weighted by Crippen LogP contribution is 2.17. The van der Waals surface area contributed by atoms with Crippen molar-refractivity contribution >= 4 is 41.3 Å². The van der Waals surface area contributed by atoms with Crippen LogP contribution in [0.3, 0.4) is 0 Å². The largest absolute Gasteiger partial charge is 0.475 e. The van der Waals surface area contributed by atoms with Crippen LogP contribution in [-0.2, 0) is 13.1 Å². The van der Waals surface area contributed by atoms with Crippen molar-refractivity contribution in [3.05, 3.63) is 40.0 Å². The van der Waals surface area contributed by atoms with Gasteiger partial charge in [0.2, 0.25) is 5.88 Å². The Morgan fingerprint density at radius 3 is 2.46 bits per heavy atom. The van der Waals surface area contributed by atoms with Crippen molar-refractivity contribution in [2.24, 2.45) is 4.99 Å². The third kappa shape index (κ3) is 7.45. The highest BCUT2D eigenvalue weighted by atomic mass is 127. The summed E-state index contributed by atoms with van der Waals surface area (Å²) >= 11 is 1.67. The first-order valence-corrected chi connectivity index (χ1v) is 9.36.